The third kappa shape index (κ3) is 5.62. The third-order valence-corrected chi connectivity index (χ3v) is 9.66. The summed E-state index contributed by atoms with van der Waals surface area (Å²) in [4.78, 5) is 9.57. The molecule has 7 heteroatoms. The molecule has 0 aromatic rings. The van der Waals surface area contributed by atoms with E-state index in [-0.39, 0.29) is 5.54 Å². The van der Waals surface area contributed by atoms with Gasteiger partial charge in [-0.05, 0) is 57.3 Å². The van der Waals surface area contributed by atoms with Gasteiger partial charge in [-0.3, -0.25) is 0 Å². The topological polar surface area (TPSA) is 21.8 Å². The molecule has 0 aliphatic carbocycles. The predicted molar refractivity (Wildman–Crippen MR) is 128 cm³/mol. The highest BCUT2D eigenvalue weighted by Crippen LogP contribution is 2.43. The number of rotatable bonds is 8. The summed E-state index contributed by atoms with van der Waals surface area (Å²) in [6, 6.07) is 2.19. The van der Waals surface area contributed by atoms with E-state index in [2.05, 4.69) is 116 Å². The number of hydrogen-bond donors (Lipinski definition) is 1. The lowest BCUT2D eigenvalue weighted by atomic mass is 9.32. The molecule has 1 N–H and O–H groups in total. The van der Waals surface area contributed by atoms with E-state index in [1.54, 1.807) is 0 Å². The first-order valence-corrected chi connectivity index (χ1v) is 14.2. The van der Waals surface area contributed by atoms with E-state index in [0.29, 0.717) is 43.5 Å². The van der Waals surface area contributed by atoms with Crippen LogP contribution in [0.5, 0.6) is 0 Å². The van der Waals surface area contributed by atoms with Crippen LogP contribution in [0.4, 0.5) is 0 Å². The van der Waals surface area contributed by atoms with Crippen molar-refractivity contribution >= 4 is 22.2 Å². The molecule has 1 rings (SSSR count). The normalized spacial score (nSPS) is 18.2. The van der Waals surface area contributed by atoms with E-state index < -0.39 is 8.24 Å². The van der Waals surface area contributed by atoms with Gasteiger partial charge in [0.1, 0.15) is 8.24 Å². The molecule has 0 aromatic carbocycles. The molecule has 1 saturated heterocycles. The van der Waals surface area contributed by atoms with Gasteiger partial charge in [-0.25, -0.2) is 0 Å². The number of nitrogens with one attached hydrogen (secondary N) is 1. The summed E-state index contributed by atoms with van der Waals surface area (Å²) >= 11 is 0. The lowest BCUT2D eigenvalue weighted by Crippen LogP contribution is -2.86. The van der Waals surface area contributed by atoms with Gasteiger partial charge in [0, 0.05) is 5.54 Å². The minimum atomic E-state index is -1.71. The highest BCUT2D eigenvalue weighted by atomic mass is 28.3. The molecule has 0 unspecified atom stereocenters. The smallest absolute Gasteiger partial charge is 0.297 e. The van der Waals surface area contributed by atoms with Crippen LogP contribution < -0.4 is 4.98 Å². The summed E-state index contributed by atoms with van der Waals surface area (Å²) in [5.41, 5.74) is 0.153. The Balaban J connectivity index is 3.40. The summed E-state index contributed by atoms with van der Waals surface area (Å²) in [5, 5.41) is 0.663. The minimum Gasteiger partial charge on any atom is -0.359 e. The summed E-state index contributed by atoms with van der Waals surface area (Å²) in [7, 11) is 0.643. The van der Waals surface area contributed by atoms with E-state index in [1.807, 2.05) is 0 Å². The summed E-state index contributed by atoms with van der Waals surface area (Å²) in [5.74, 6) is 0. The van der Waals surface area contributed by atoms with E-state index >= 15 is 0 Å². The van der Waals surface area contributed by atoms with Crippen LogP contribution in [0.15, 0.2) is 0 Å². The first-order valence-electron chi connectivity index (χ1n) is 11.1. The monoisotopic (exact) mass is 394 g/mol. The van der Waals surface area contributed by atoms with Crippen molar-refractivity contribution in [2.45, 2.75) is 124 Å². The molecule has 0 amide bonds. The Labute approximate surface area is 173 Å². The van der Waals surface area contributed by atoms with Crippen LogP contribution in [0.25, 0.3) is 0 Å². The van der Waals surface area contributed by atoms with E-state index in [1.165, 1.54) is 0 Å². The lowest BCUT2D eigenvalue weighted by Gasteiger charge is -2.63. The second kappa shape index (κ2) is 8.91. The van der Waals surface area contributed by atoms with Crippen molar-refractivity contribution in [3.8, 4) is 0 Å². The quantitative estimate of drug-likeness (QED) is 0.624. The van der Waals surface area contributed by atoms with Crippen molar-refractivity contribution < 1.29 is 0 Å². The van der Waals surface area contributed by atoms with Gasteiger partial charge in [-0.2, -0.15) is 0 Å². The predicted octanol–water partition coefficient (Wildman–Crippen LogP) is 4.19. The Morgan fingerprint density at radius 3 is 1.30 bits per heavy atom. The van der Waals surface area contributed by atoms with Crippen LogP contribution in [-0.2, 0) is 0 Å². The zero-order valence-corrected chi connectivity index (χ0v) is 21.9. The molecule has 1 heterocycles. The fourth-order valence-corrected chi connectivity index (χ4v) is 10.1. The van der Waals surface area contributed by atoms with Gasteiger partial charge in [0.2, 0.25) is 0 Å². The molecule has 0 radical (unpaired) electrons. The maximum Gasteiger partial charge on any atom is 0.297 e. The number of nitrogens with zero attached hydrogens (tertiary/aromatic N) is 3. The summed E-state index contributed by atoms with van der Waals surface area (Å²) in [6.45, 7) is 31.9. The fourth-order valence-electron chi connectivity index (χ4n) is 5.72. The van der Waals surface area contributed by atoms with Crippen molar-refractivity contribution in [3.63, 3.8) is 0 Å². The SMILES string of the molecule is CC(C)N(B1C([Si](C)(C)NC(C)(C)C)B(N(C(C)C)C(C)C)N1C)C(C)C. The standard InChI is InChI=1S/C20H48B2N4Si/c1-15(2)25(16(3)4)21-19(27(13,14)23-20(9,10)11)22(24(21)12)26(17(5)6)18(7)8/h15-19,23H,1-14H3. The van der Waals surface area contributed by atoms with Crippen LogP contribution >= 0.6 is 0 Å². The van der Waals surface area contributed by atoms with Crippen molar-refractivity contribution in [1.29, 1.82) is 0 Å². The molecule has 0 saturated carbocycles. The van der Waals surface area contributed by atoms with Gasteiger partial charge in [0.05, 0.1) is 0 Å². The zero-order valence-electron chi connectivity index (χ0n) is 20.9. The Kier molecular flexibility index (Phi) is 8.32. The molecule has 158 valence electrons. The summed E-state index contributed by atoms with van der Waals surface area (Å²) in [6.07, 6.45) is 0. The Morgan fingerprint density at radius 1 is 0.778 bits per heavy atom. The minimum absolute atomic E-state index is 0.153. The molecular weight excluding hydrogens is 346 g/mol. The van der Waals surface area contributed by atoms with Crippen LogP contribution in [0, 0.1) is 0 Å². The first-order chi connectivity index (χ1) is 12.0. The van der Waals surface area contributed by atoms with Crippen molar-refractivity contribution in [2.24, 2.45) is 0 Å². The molecule has 0 bridgehead atoms. The van der Waals surface area contributed by atoms with E-state index in [0.717, 1.165) is 0 Å². The van der Waals surface area contributed by atoms with Gasteiger partial charge in [-0.15, -0.1) is 0 Å². The molecule has 1 fully saturated rings. The zero-order chi connectivity index (χ0) is 21.5. The van der Waals surface area contributed by atoms with Crippen molar-refractivity contribution in [1.82, 2.24) is 19.3 Å². The average Bonchev–Trinajstić information content (AvgIpc) is 2.40. The van der Waals surface area contributed by atoms with Crippen LogP contribution in [0.1, 0.15) is 76.2 Å². The summed E-state index contributed by atoms with van der Waals surface area (Å²) < 4.78 is 2.66. The second-order valence-electron chi connectivity index (χ2n) is 11.4. The molecule has 1 aliphatic rings. The third-order valence-electron chi connectivity index (χ3n) is 6.00. The Hall–Kier alpha value is 0.187. The Morgan fingerprint density at radius 2 is 1.07 bits per heavy atom. The fraction of sp³-hybridized carbons (Fsp3) is 1.00. The largest absolute Gasteiger partial charge is 0.359 e. The van der Waals surface area contributed by atoms with Crippen molar-refractivity contribution in [2.75, 3.05) is 7.05 Å². The molecule has 1 aliphatic heterocycles. The maximum absolute atomic E-state index is 4.10. The van der Waals surface area contributed by atoms with Crippen LogP contribution in [-0.4, -0.2) is 73.3 Å². The van der Waals surface area contributed by atoms with E-state index in [4.69, 9.17) is 0 Å². The lowest BCUT2D eigenvalue weighted by molar-refractivity contribution is 0.247. The van der Waals surface area contributed by atoms with Gasteiger partial charge < -0.3 is 19.3 Å². The molecule has 4 nitrogen and oxygen atoms in total. The highest BCUT2D eigenvalue weighted by Gasteiger charge is 2.65. The van der Waals surface area contributed by atoms with Gasteiger partial charge in [-0.1, -0.05) is 68.5 Å². The van der Waals surface area contributed by atoms with Gasteiger partial charge in [0.25, 0.3) is 14.0 Å². The van der Waals surface area contributed by atoms with Crippen LogP contribution in [0.3, 0.4) is 0 Å². The van der Waals surface area contributed by atoms with E-state index in [9.17, 15) is 0 Å². The van der Waals surface area contributed by atoms with Gasteiger partial charge in [0.15, 0.2) is 0 Å². The van der Waals surface area contributed by atoms with Gasteiger partial charge >= 0.3 is 0 Å². The molecule has 27 heavy (non-hydrogen) atoms. The van der Waals surface area contributed by atoms with Crippen LogP contribution in [0.2, 0.25) is 18.4 Å². The molecular formula is C20H48B2N4Si. The maximum atomic E-state index is 4.10. The molecule has 0 aromatic heterocycles. The first kappa shape index (κ1) is 25.2. The Bertz CT molecular complexity index is 433. The molecule has 0 spiro atoms. The highest BCUT2D eigenvalue weighted by molar-refractivity contribution is 7.08. The second-order valence-corrected chi connectivity index (χ2v) is 15.7. The number of hydrogen-bond acceptors (Lipinski definition) is 4. The van der Waals surface area contributed by atoms with Crippen molar-refractivity contribution in [3.05, 3.63) is 0 Å². The molecule has 0 atom stereocenters. The average molecular weight is 394 g/mol.